The summed E-state index contributed by atoms with van der Waals surface area (Å²) in [6.07, 6.45) is 4.97. The molecule has 4 heterocycles. The Balaban J connectivity index is 1.89. The number of hydrogen-bond donors (Lipinski definition) is 1. The number of hydrogen-bond acceptors (Lipinski definition) is 6. The van der Waals surface area contributed by atoms with E-state index >= 15 is 0 Å². The van der Waals surface area contributed by atoms with E-state index in [1.54, 1.807) is 16.9 Å². The molecule has 7 nitrogen and oxygen atoms in total. The van der Waals surface area contributed by atoms with Crippen LogP contribution >= 0.6 is 11.3 Å². The quantitative estimate of drug-likeness (QED) is 0.611. The number of rotatable bonds is 2. The van der Waals surface area contributed by atoms with Gasteiger partial charge >= 0.3 is 0 Å². The van der Waals surface area contributed by atoms with E-state index < -0.39 is 0 Å². The molecule has 108 valence electrons. The van der Waals surface area contributed by atoms with Crippen LogP contribution in [0.4, 0.5) is 0 Å². The van der Waals surface area contributed by atoms with Crippen molar-refractivity contribution in [2.45, 2.75) is 6.92 Å². The van der Waals surface area contributed by atoms with Gasteiger partial charge in [0, 0.05) is 23.3 Å². The third-order valence-corrected chi connectivity index (χ3v) is 4.04. The van der Waals surface area contributed by atoms with E-state index in [0.717, 1.165) is 16.4 Å². The number of aryl methyl sites for hydroxylation is 1. The number of nitrogens with one attached hydrogen (secondary N) is 1. The minimum absolute atomic E-state index is 0.253. The van der Waals surface area contributed by atoms with Gasteiger partial charge in [-0.3, -0.25) is 4.79 Å². The highest BCUT2D eigenvalue weighted by Gasteiger charge is 2.12. The molecule has 0 aliphatic rings. The fourth-order valence-electron chi connectivity index (χ4n) is 2.24. The number of pyridine rings is 1. The van der Waals surface area contributed by atoms with Crippen LogP contribution in [0.3, 0.4) is 0 Å². The average molecular weight is 310 g/mol. The number of nitrogens with zero attached hydrogens (tertiary/aromatic N) is 5. The van der Waals surface area contributed by atoms with E-state index in [-0.39, 0.29) is 5.56 Å². The third-order valence-electron chi connectivity index (χ3n) is 3.28. The molecule has 0 radical (unpaired) electrons. The maximum absolute atomic E-state index is 11.9. The van der Waals surface area contributed by atoms with Gasteiger partial charge in [-0.05, 0) is 19.1 Å². The van der Waals surface area contributed by atoms with E-state index in [2.05, 4.69) is 25.0 Å². The molecule has 22 heavy (non-hydrogen) atoms. The summed E-state index contributed by atoms with van der Waals surface area (Å²) in [5, 5.41) is 7.14. The highest BCUT2D eigenvalue weighted by molar-refractivity contribution is 7.12. The van der Waals surface area contributed by atoms with Crippen molar-refractivity contribution in [1.29, 1.82) is 0 Å². The Kier molecular flexibility index (Phi) is 2.83. The number of aromatic nitrogens is 6. The SMILES string of the molecule is Cc1nn(-c2nccs2)cc1-c1ccc2nc[nH]c(=O)c2n1. The van der Waals surface area contributed by atoms with Crippen LogP contribution in [0.15, 0.2) is 41.0 Å². The number of fused-ring (bicyclic) bond motifs is 1. The first-order valence-electron chi connectivity index (χ1n) is 6.53. The van der Waals surface area contributed by atoms with Crippen LogP contribution in [0.5, 0.6) is 0 Å². The van der Waals surface area contributed by atoms with Crippen molar-refractivity contribution in [3.8, 4) is 16.4 Å². The first-order valence-corrected chi connectivity index (χ1v) is 7.41. The molecule has 0 saturated carbocycles. The van der Waals surface area contributed by atoms with Crippen molar-refractivity contribution in [1.82, 2.24) is 29.7 Å². The van der Waals surface area contributed by atoms with Gasteiger partial charge in [0.2, 0.25) is 5.13 Å². The Morgan fingerprint density at radius 1 is 1.27 bits per heavy atom. The Morgan fingerprint density at radius 2 is 2.18 bits per heavy atom. The van der Waals surface area contributed by atoms with Crippen LogP contribution in [-0.4, -0.2) is 29.7 Å². The molecular weight excluding hydrogens is 300 g/mol. The summed E-state index contributed by atoms with van der Waals surface area (Å²) in [6, 6.07) is 3.62. The number of thiazole rings is 1. The minimum atomic E-state index is -0.253. The van der Waals surface area contributed by atoms with Crippen molar-refractivity contribution >= 4 is 22.4 Å². The first-order chi connectivity index (χ1) is 10.7. The number of H-pyrrole nitrogens is 1. The van der Waals surface area contributed by atoms with Gasteiger partial charge in [-0.15, -0.1) is 11.3 Å². The van der Waals surface area contributed by atoms with Gasteiger partial charge in [0.15, 0.2) is 5.52 Å². The Labute approximate surface area is 128 Å². The molecule has 0 fully saturated rings. The molecule has 8 heteroatoms. The predicted molar refractivity (Wildman–Crippen MR) is 83.1 cm³/mol. The fraction of sp³-hybridized carbons (Fsp3) is 0.0714. The lowest BCUT2D eigenvalue weighted by Gasteiger charge is -2.00. The fourth-order valence-corrected chi connectivity index (χ4v) is 2.81. The van der Waals surface area contributed by atoms with Gasteiger partial charge in [-0.2, -0.15) is 5.10 Å². The summed E-state index contributed by atoms with van der Waals surface area (Å²) in [4.78, 5) is 27.1. The highest BCUT2D eigenvalue weighted by Crippen LogP contribution is 2.23. The molecule has 4 aromatic rings. The lowest BCUT2D eigenvalue weighted by Crippen LogP contribution is -2.08. The van der Waals surface area contributed by atoms with Crippen LogP contribution in [-0.2, 0) is 0 Å². The van der Waals surface area contributed by atoms with Gasteiger partial charge < -0.3 is 4.98 Å². The summed E-state index contributed by atoms with van der Waals surface area (Å²) in [7, 11) is 0. The highest BCUT2D eigenvalue weighted by atomic mass is 32.1. The Morgan fingerprint density at radius 3 is 3.00 bits per heavy atom. The second-order valence-electron chi connectivity index (χ2n) is 4.68. The zero-order valence-corrected chi connectivity index (χ0v) is 12.3. The van der Waals surface area contributed by atoms with Crippen LogP contribution in [0.25, 0.3) is 27.4 Å². The topological polar surface area (TPSA) is 89.4 Å². The maximum Gasteiger partial charge on any atom is 0.277 e. The smallest absolute Gasteiger partial charge is 0.277 e. The van der Waals surface area contributed by atoms with Gasteiger partial charge in [-0.1, -0.05) is 0 Å². The van der Waals surface area contributed by atoms with E-state index in [4.69, 9.17) is 0 Å². The summed E-state index contributed by atoms with van der Waals surface area (Å²) < 4.78 is 1.72. The van der Waals surface area contributed by atoms with Crippen molar-refractivity contribution in [3.05, 3.63) is 52.3 Å². The predicted octanol–water partition coefficient (Wildman–Crippen LogP) is 1.94. The zero-order chi connectivity index (χ0) is 15.1. The summed E-state index contributed by atoms with van der Waals surface area (Å²) >= 11 is 1.50. The molecule has 4 rings (SSSR count). The third kappa shape index (κ3) is 2.01. The molecule has 0 aromatic carbocycles. The van der Waals surface area contributed by atoms with Crippen LogP contribution < -0.4 is 5.56 Å². The number of aromatic amines is 1. The molecule has 0 amide bonds. The average Bonchev–Trinajstić information content (AvgIpc) is 3.17. The molecule has 0 unspecified atom stereocenters. The van der Waals surface area contributed by atoms with Crippen LogP contribution in [0, 0.1) is 6.92 Å². The monoisotopic (exact) mass is 310 g/mol. The molecule has 0 saturated heterocycles. The Bertz CT molecular complexity index is 1020. The van der Waals surface area contributed by atoms with Gasteiger partial charge in [0.05, 0.1) is 23.2 Å². The molecule has 4 aromatic heterocycles. The van der Waals surface area contributed by atoms with E-state index in [9.17, 15) is 4.79 Å². The molecule has 0 bridgehead atoms. The molecule has 0 atom stereocenters. The second-order valence-corrected chi connectivity index (χ2v) is 5.56. The van der Waals surface area contributed by atoms with Crippen LogP contribution in [0.1, 0.15) is 5.69 Å². The van der Waals surface area contributed by atoms with Crippen molar-refractivity contribution in [2.75, 3.05) is 0 Å². The molecule has 0 aliphatic carbocycles. The summed E-state index contributed by atoms with van der Waals surface area (Å²) in [5.74, 6) is 0. The first kappa shape index (κ1) is 12.8. The van der Waals surface area contributed by atoms with E-state index in [1.165, 1.54) is 17.7 Å². The lowest BCUT2D eigenvalue weighted by atomic mass is 10.1. The van der Waals surface area contributed by atoms with Gasteiger partial charge in [0.1, 0.15) is 0 Å². The van der Waals surface area contributed by atoms with Crippen LogP contribution in [0.2, 0.25) is 0 Å². The molecule has 0 spiro atoms. The largest absolute Gasteiger partial charge is 0.311 e. The Hall–Kier alpha value is -2.87. The lowest BCUT2D eigenvalue weighted by molar-refractivity contribution is 0.853. The normalized spacial score (nSPS) is 11.1. The van der Waals surface area contributed by atoms with Crippen molar-refractivity contribution in [2.24, 2.45) is 0 Å². The molecular formula is C14H10N6OS. The van der Waals surface area contributed by atoms with Gasteiger partial charge in [0.25, 0.3) is 5.56 Å². The second kappa shape index (κ2) is 4.85. The van der Waals surface area contributed by atoms with E-state index in [0.29, 0.717) is 16.7 Å². The van der Waals surface area contributed by atoms with Crippen molar-refractivity contribution in [3.63, 3.8) is 0 Å². The summed E-state index contributed by atoms with van der Waals surface area (Å²) in [6.45, 7) is 1.90. The molecule has 1 N–H and O–H groups in total. The standard InChI is InChI=1S/C14H10N6OS/c1-8-9(6-20(19-8)14-15-4-5-22-14)10-2-3-11-12(18-10)13(21)17-7-16-11/h2-7H,1H3,(H,16,17,21). The molecule has 0 aliphatic heterocycles. The van der Waals surface area contributed by atoms with Gasteiger partial charge in [-0.25, -0.2) is 19.6 Å². The summed E-state index contributed by atoms with van der Waals surface area (Å²) in [5.41, 5.74) is 3.00. The zero-order valence-electron chi connectivity index (χ0n) is 11.5. The minimum Gasteiger partial charge on any atom is -0.311 e. The van der Waals surface area contributed by atoms with E-state index in [1.807, 2.05) is 24.6 Å². The maximum atomic E-state index is 11.9. The van der Waals surface area contributed by atoms with Crippen molar-refractivity contribution < 1.29 is 0 Å².